The summed E-state index contributed by atoms with van der Waals surface area (Å²) in [5, 5.41) is 2.61. The van der Waals surface area contributed by atoms with Crippen LogP contribution in [-0.2, 0) is 9.59 Å². The molecule has 0 bridgehead atoms. The van der Waals surface area contributed by atoms with Gasteiger partial charge in [0.15, 0.2) is 6.04 Å². The van der Waals surface area contributed by atoms with Gasteiger partial charge in [0.1, 0.15) is 11.6 Å². The van der Waals surface area contributed by atoms with Crippen LogP contribution in [-0.4, -0.2) is 41.9 Å². The van der Waals surface area contributed by atoms with Crippen LogP contribution in [0.3, 0.4) is 0 Å². The van der Waals surface area contributed by atoms with Crippen molar-refractivity contribution >= 4 is 11.8 Å². The van der Waals surface area contributed by atoms with Crippen molar-refractivity contribution < 1.29 is 18.7 Å². The number of likely N-dealkylation sites (tertiary alicyclic amines) is 1. The summed E-state index contributed by atoms with van der Waals surface area (Å²) in [7, 11) is 0. The van der Waals surface area contributed by atoms with E-state index >= 15 is 0 Å². The molecule has 118 valence electrons. The Balaban J connectivity index is 1.64. The van der Waals surface area contributed by atoms with Gasteiger partial charge in [-0.3, -0.25) is 9.59 Å². The number of hydrogen-bond donors (Lipinski definition) is 1. The summed E-state index contributed by atoms with van der Waals surface area (Å²) < 4.78 is 18.4. The molecule has 0 saturated carbocycles. The average molecular weight is 306 g/mol. The summed E-state index contributed by atoms with van der Waals surface area (Å²) in [6.45, 7) is 1.46. The molecule has 2 amide bonds. The third kappa shape index (κ3) is 3.05. The highest BCUT2D eigenvalue weighted by molar-refractivity contribution is 6.01. The van der Waals surface area contributed by atoms with E-state index in [0.717, 1.165) is 38.8 Å². The Morgan fingerprint density at radius 3 is 2.36 bits per heavy atom. The minimum absolute atomic E-state index is 0.0892. The average Bonchev–Trinajstić information content (AvgIpc) is 2.80. The van der Waals surface area contributed by atoms with Gasteiger partial charge in [-0.05, 0) is 37.1 Å². The number of carbonyl (C=O) groups excluding carboxylic acids is 2. The van der Waals surface area contributed by atoms with Crippen LogP contribution >= 0.6 is 0 Å². The predicted molar refractivity (Wildman–Crippen MR) is 77.8 cm³/mol. The van der Waals surface area contributed by atoms with E-state index < -0.39 is 12.1 Å². The first-order valence-corrected chi connectivity index (χ1v) is 7.66. The second-order valence-corrected chi connectivity index (χ2v) is 5.72. The zero-order valence-corrected chi connectivity index (χ0v) is 12.3. The second-order valence-electron chi connectivity index (χ2n) is 5.72. The quantitative estimate of drug-likeness (QED) is 0.861. The number of benzene rings is 1. The Kier molecular flexibility index (Phi) is 4.27. The summed E-state index contributed by atoms with van der Waals surface area (Å²) in [4.78, 5) is 26.0. The number of hydrogen-bond acceptors (Lipinski definition) is 3. The number of nitrogens with zero attached hydrogens (tertiary/aromatic N) is 1. The van der Waals surface area contributed by atoms with Crippen molar-refractivity contribution in [2.45, 2.75) is 37.8 Å². The Morgan fingerprint density at radius 2 is 1.77 bits per heavy atom. The molecule has 2 aliphatic heterocycles. The first-order chi connectivity index (χ1) is 10.6. The van der Waals surface area contributed by atoms with Crippen LogP contribution in [0, 0.1) is 5.82 Å². The van der Waals surface area contributed by atoms with Gasteiger partial charge in [0.05, 0.1) is 0 Å². The molecule has 1 aromatic rings. The van der Waals surface area contributed by atoms with Crippen molar-refractivity contribution in [3.05, 3.63) is 30.1 Å². The van der Waals surface area contributed by atoms with Crippen LogP contribution in [0.4, 0.5) is 4.39 Å². The van der Waals surface area contributed by atoms with E-state index in [2.05, 4.69) is 5.32 Å². The molecule has 2 heterocycles. The van der Waals surface area contributed by atoms with Crippen molar-refractivity contribution in [2.24, 2.45) is 0 Å². The highest BCUT2D eigenvalue weighted by Crippen LogP contribution is 2.21. The van der Waals surface area contributed by atoms with Gasteiger partial charge in [-0.1, -0.05) is 12.8 Å². The SMILES string of the molecule is O=C1N[C@H](C(=O)N2CCCCCC2)[C@@H]1Oc1ccc(F)cc1. The van der Waals surface area contributed by atoms with Crippen LogP contribution in [0.5, 0.6) is 5.75 Å². The lowest BCUT2D eigenvalue weighted by atomic mass is 10.00. The maximum absolute atomic E-state index is 12.9. The molecule has 0 spiro atoms. The van der Waals surface area contributed by atoms with E-state index in [1.807, 2.05) is 0 Å². The fraction of sp³-hybridized carbons (Fsp3) is 0.500. The first kappa shape index (κ1) is 14.8. The van der Waals surface area contributed by atoms with Gasteiger partial charge in [-0.15, -0.1) is 0 Å². The maximum atomic E-state index is 12.9. The van der Waals surface area contributed by atoms with E-state index in [-0.39, 0.29) is 17.6 Å². The number of rotatable bonds is 3. The van der Waals surface area contributed by atoms with Gasteiger partial charge in [0.25, 0.3) is 5.91 Å². The fourth-order valence-electron chi connectivity index (χ4n) is 2.83. The molecule has 22 heavy (non-hydrogen) atoms. The lowest BCUT2D eigenvalue weighted by Crippen LogP contribution is -2.70. The van der Waals surface area contributed by atoms with Gasteiger partial charge in [-0.2, -0.15) is 0 Å². The molecule has 2 atom stereocenters. The standard InChI is InChI=1S/C16H19FN2O3/c17-11-5-7-12(8-6-11)22-14-13(18-15(14)20)16(21)19-9-3-1-2-4-10-19/h5-8,13-14H,1-4,9-10H2,(H,18,20)/t13-,14-/m0/s1. The molecule has 0 radical (unpaired) electrons. The van der Waals surface area contributed by atoms with E-state index in [4.69, 9.17) is 4.74 Å². The molecule has 1 aromatic carbocycles. The Bertz CT molecular complexity index is 553. The molecule has 1 N–H and O–H groups in total. The number of nitrogens with one attached hydrogen (secondary N) is 1. The van der Waals surface area contributed by atoms with Crippen molar-refractivity contribution in [3.8, 4) is 5.75 Å². The zero-order valence-electron chi connectivity index (χ0n) is 12.3. The summed E-state index contributed by atoms with van der Waals surface area (Å²) in [6.07, 6.45) is 3.43. The van der Waals surface area contributed by atoms with E-state index in [0.29, 0.717) is 5.75 Å². The fourth-order valence-corrected chi connectivity index (χ4v) is 2.83. The van der Waals surface area contributed by atoms with Crippen molar-refractivity contribution in [1.29, 1.82) is 0 Å². The van der Waals surface area contributed by atoms with Crippen LogP contribution < -0.4 is 10.1 Å². The molecule has 0 aromatic heterocycles. The Labute approximate surface area is 128 Å². The predicted octanol–water partition coefficient (Wildman–Crippen LogP) is 1.47. The summed E-state index contributed by atoms with van der Waals surface area (Å²) in [5.74, 6) is -0.386. The van der Waals surface area contributed by atoms with E-state index in [9.17, 15) is 14.0 Å². The third-order valence-corrected chi connectivity index (χ3v) is 4.12. The summed E-state index contributed by atoms with van der Waals surface area (Å²) in [5.41, 5.74) is 0. The highest BCUT2D eigenvalue weighted by atomic mass is 19.1. The van der Waals surface area contributed by atoms with Crippen LogP contribution in [0.2, 0.25) is 0 Å². The largest absolute Gasteiger partial charge is 0.478 e. The second kappa shape index (κ2) is 6.34. The van der Waals surface area contributed by atoms with Gasteiger partial charge in [0.2, 0.25) is 12.0 Å². The maximum Gasteiger partial charge on any atom is 0.264 e. The number of β-lactam (4-membered cyclic amide) rings is 1. The van der Waals surface area contributed by atoms with Crippen LogP contribution in [0.15, 0.2) is 24.3 Å². The minimum atomic E-state index is -0.832. The highest BCUT2D eigenvalue weighted by Gasteiger charge is 2.47. The first-order valence-electron chi connectivity index (χ1n) is 7.66. The molecule has 2 saturated heterocycles. The Morgan fingerprint density at radius 1 is 1.14 bits per heavy atom. The lowest BCUT2D eigenvalue weighted by Gasteiger charge is -2.38. The van der Waals surface area contributed by atoms with Gasteiger partial charge in [-0.25, -0.2) is 4.39 Å². The lowest BCUT2D eigenvalue weighted by molar-refractivity contribution is -0.152. The third-order valence-electron chi connectivity index (χ3n) is 4.12. The number of halogens is 1. The van der Waals surface area contributed by atoms with E-state index in [1.54, 1.807) is 4.90 Å². The summed E-state index contributed by atoms with van der Waals surface area (Å²) in [6, 6.07) is 4.79. The van der Waals surface area contributed by atoms with Crippen molar-refractivity contribution in [1.82, 2.24) is 10.2 Å². The van der Waals surface area contributed by atoms with Crippen molar-refractivity contribution in [2.75, 3.05) is 13.1 Å². The van der Waals surface area contributed by atoms with Crippen molar-refractivity contribution in [3.63, 3.8) is 0 Å². The molecule has 0 aliphatic carbocycles. The number of ether oxygens (including phenoxy) is 1. The normalized spacial score (nSPS) is 25.0. The van der Waals surface area contributed by atoms with E-state index in [1.165, 1.54) is 24.3 Å². The number of amides is 2. The van der Waals surface area contributed by atoms with Gasteiger partial charge in [0, 0.05) is 13.1 Å². The molecule has 2 aliphatic rings. The van der Waals surface area contributed by atoms with Gasteiger partial charge >= 0.3 is 0 Å². The molecular formula is C16H19FN2O3. The molecule has 5 nitrogen and oxygen atoms in total. The molecular weight excluding hydrogens is 287 g/mol. The minimum Gasteiger partial charge on any atom is -0.478 e. The smallest absolute Gasteiger partial charge is 0.264 e. The topological polar surface area (TPSA) is 58.6 Å². The van der Waals surface area contributed by atoms with Crippen LogP contribution in [0.25, 0.3) is 0 Å². The van der Waals surface area contributed by atoms with Crippen LogP contribution in [0.1, 0.15) is 25.7 Å². The van der Waals surface area contributed by atoms with Gasteiger partial charge < -0.3 is 15.0 Å². The molecule has 6 heteroatoms. The summed E-state index contributed by atoms with van der Waals surface area (Å²) >= 11 is 0. The molecule has 3 rings (SSSR count). The zero-order chi connectivity index (χ0) is 15.5. The molecule has 2 fully saturated rings. The Hall–Kier alpha value is -2.11. The number of carbonyl (C=O) groups is 2. The molecule has 0 unspecified atom stereocenters. The monoisotopic (exact) mass is 306 g/mol.